The van der Waals surface area contributed by atoms with Crippen molar-refractivity contribution in [3.63, 3.8) is 0 Å². The summed E-state index contributed by atoms with van der Waals surface area (Å²) in [4.78, 5) is 10.6. The molecule has 0 atom stereocenters. The van der Waals surface area contributed by atoms with Crippen LogP contribution in [0, 0.1) is 11.6 Å². The molecule has 0 aromatic heterocycles. The van der Waals surface area contributed by atoms with Crippen LogP contribution in [-0.2, 0) is 10.0 Å². The van der Waals surface area contributed by atoms with E-state index in [1.807, 2.05) is 11.6 Å². The van der Waals surface area contributed by atoms with Crippen LogP contribution >= 0.6 is 0 Å². The van der Waals surface area contributed by atoms with Gasteiger partial charge in [0.2, 0.25) is 0 Å². The maximum Gasteiger partial charge on any atom is 0.338 e. The summed E-state index contributed by atoms with van der Waals surface area (Å²) in [6.07, 6.45) is 2.05. The van der Waals surface area contributed by atoms with Gasteiger partial charge in [-0.2, -0.15) is 0 Å². The minimum absolute atomic E-state index is 0.237. The molecule has 0 spiro atoms. The summed E-state index contributed by atoms with van der Waals surface area (Å²) < 4.78 is 54.4. The first-order chi connectivity index (χ1) is 13.0. The first kappa shape index (κ1) is 21.1. The quantitative estimate of drug-likeness (QED) is 0.404. The lowest BCUT2D eigenvalue weighted by atomic mass is 10.2. The Morgan fingerprint density at radius 1 is 1.21 bits per heavy atom. The lowest BCUT2D eigenvalue weighted by molar-refractivity contribution is 0.0691. The van der Waals surface area contributed by atoms with E-state index in [-0.39, 0.29) is 4.90 Å². The molecule has 0 unspecified atom stereocenters. The Kier molecular flexibility index (Phi) is 6.21. The molecule has 11 heteroatoms. The van der Waals surface area contributed by atoms with Crippen molar-refractivity contribution in [2.24, 2.45) is 11.6 Å². The van der Waals surface area contributed by atoms with Crippen molar-refractivity contribution in [3.05, 3.63) is 65.5 Å². The van der Waals surface area contributed by atoms with Crippen molar-refractivity contribution in [1.29, 1.82) is 0 Å². The van der Waals surface area contributed by atoms with E-state index in [1.54, 1.807) is 0 Å². The number of nitrogens with one attached hydrogen (secondary N) is 1. The number of hydrogen-bond donors (Lipinski definition) is 4. The number of hydrogen-bond acceptors (Lipinski definition) is 6. The number of aromatic carboxylic acids is 1. The van der Waals surface area contributed by atoms with Crippen molar-refractivity contribution >= 4 is 27.4 Å². The highest BCUT2D eigenvalue weighted by Gasteiger charge is 2.20. The molecular formula is C17H18F2N4O4S. The van der Waals surface area contributed by atoms with Gasteiger partial charge >= 0.3 is 5.97 Å². The summed E-state index contributed by atoms with van der Waals surface area (Å²) in [6.45, 7) is 1.84. The van der Waals surface area contributed by atoms with Crippen LogP contribution in [0.4, 0.5) is 20.2 Å². The number of halogens is 2. The van der Waals surface area contributed by atoms with Crippen LogP contribution in [0.25, 0.3) is 0 Å². The van der Waals surface area contributed by atoms with Crippen LogP contribution in [0.15, 0.2) is 53.2 Å². The Morgan fingerprint density at radius 3 is 2.36 bits per heavy atom. The normalized spacial score (nSPS) is 11.9. The molecule has 28 heavy (non-hydrogen) atoms. The number of hydrazine groups is 1. The van der Waals surface area contributed by atoms with E-state index < -0.39 is 38.9 Å². The molecule has 0 fully saturated rings. The second kappa shape index (κ2) is 8.23. The van der Waals surface area contributed by atoms with Crippen LogP contribution < -0.4 is 21.3 Å². The van der Waals surface area contributed by atoms with Crippen LogP contribution in [0.1, 0.15) is 23.7 Å². The van der Waals surface area contributed by atoms with Gasteiger partial charge in [-0.3, -0.25) is 9.73 Å². The maximum absolute atomic E-state index is 14.0. The number of anilines is 2. The number of carboxylic acids is 1. The second-order valence-electron chi connectivity index (χ2n) is 5.68. The molecule has 6 N–H and O–H groups in total. The number of nitrogens with zero attached hydrogens (tertiary/aromatic N) is 1. The molecule has 2 aromatic rings. The Morgan fingerprint density at radius 2 is 1.82 bits per heavy atom. The third kappa shape index (κ3) is 4.75. The molecule has 0 amide bonds. The zero-order valence-corrected chi connectivity index (χ0v) is 15.5. The minimum atomic E-state index is -4.26. The van der Waals surface area contributed by atoms with Crippen molar-refractivity contribution in [3.8, 4) is 0 Å². The van der Waals surface area contributed by atoms with Gasteiger partial charge in [0.15, 0.2) is 0 Å². The third-order valence-corrected chi connectivity index (χ3v) is 5.07. The van der Waals surface area contributed by atoms with Crippen LogP contribution in [0.5, 0.6) is 0 Å². The van der Waals surface area contributed by atoms with E-state index in [9.17, 15) is 22.0 Å². The SMILES string of the molecule is CC/C(N)=C/N(N)c1ccc(S(=O)(=O)Nc2cc(F)c(C(=O)O)cc2F)cc1. The van der Waals surface area contributed by atoms with Crippen LogP contribution in [-0.4, -0.2) is 19.5 Å². The Balaban J connectivity index is 2.28. The van der Waals surface area contributed by atoms with Gasteiger partial charge in [0.1, 0.15) is 11.6 Å². The van der Waals surface area contributed by atoms with Gasteiger partial charge in [-0.1, -0.05) is 6.92 Å². The molecular weight excluding hydrogens is 394 g/mol. The molecule has 2 rings (SSSR count). The predicted octanol–water partition coefficient (Wildman–Crippen LogP) is 2.35. The molecule has 8 nitrogen and oxygen atoms in total. The molecule has 0 saturated carbocycles. The van der Waals surface area contributed by atoms with E-state index in [1.165, 1.54) is 35.5 Å². The standard InChI is InChI=1S/C17H18F2N4O4S/c1-2-10(20)9-23(21)11-3-5-12(6-4-11)28(26,27)22-16-8-14(18)13(17(24)25)7-15(16)19/h3-9,22H,2,20-21H2,1H3,(H,24,25)/b10-9-. The van der Waals surface area contributed by atoms with Gasteiger partial charge < -0.3 is 10.8 Å². The van der Waals surface area contributed by atoms with Gasteiger partial charge in [-0.15, -0.1) is 0 Å². The highest BCUT2D eigenvalue weighted by Crippen LogP contribution is 2.24. The largest absolute Gasteiger partial charge is 0.478 e. The van der Waals surface area contributed by atoms with Crippen molar-refractivity contribution in [2.75, 3.05) is 9.73 Å². The average Bonchev–Trinajstić information content (AvgIpc) is 2.63. The molecule has 0 radical (unpaired) electrons. The van der Waals surface area contributed by atoms with E-state index in [2.05, 4.69) is 0 Å². The summed E-state index contributed by atoms with van der Waals surface area (Å²) in [5.41, 5.74) is 5.02. The average molecular weight is 412 g/mol. The number of allylic oxidation sites excluding steroid dienone is 1. The monoisotopic (exact) mass is 412 g/mol. The van der Waals surface area contributed by atoms with Crippen LogP contribution in [0.3, 0.4) is 0 Å². The minimum Gasteiger partial charge on any atom is -0.478 e. The molecule has 0 aliphatic heterocycles. The highest BCUT2D eigenvalue weighted by atomic mass is 32.2. The van der Waals surface area contributed by atoms with E-state index in [0.717, 1.165) is 0 Å². The molecule has 0 heterocycles. The van der Waals surface area contributed by atoms with E-state index >= 15 is 0 Å². The predicted molar refractivity (Wildman–Crippen MR) is 99.8 cm³/mol. The fourth-order valence-electron chi connectivity index (χ4n) is 2.13. The fraction of sp³-hybridized carbons (Fsp3) is 0.118. The Hall–Kier alpha value is -3.18. The number of benzene rings is 2. The van der Waals surface area contributed by atoms with E-state index in [4.69, 9.17) is 16.7 Å². The molecule has 0 aliphatic rings. The number of carbonyl (C=O) groups is 1. The number of sulfonamides is 1. The summed E-state index contributed by atoms with van der Waals surface area (Å²) in [7, 11) is -4.26. The first-order valence-electron chi connectivity index (χ1n) is 7.90. The topological polar surface area (TPSA) is 139 Å². The summed E-state index contributed by atoms with van der Waals surface area (Å²) in [5.74, 6) is 1.62. The van der Waals surface area contributed by atoms with Gasteiger partial charge in [0.05, 0.1) is 21.8 Å². The Labute approximate surface area is 160 Å². The number of rotatable bonds is 7. The van der Waals surface area contributed by atoms with Gasteiger partial charge in [-0.05, 0) is 36.8 Å². The zero-order valence-electron chi connectivity index (χ0n) is 14.7. The third-order valence-electron chi connectivity index (χ3n) is 3.69. The maximum atomic E-state index is 14.0. The van der Waals surface area contributed by atoms with Crippen molar-refractivity contribution in [2.45, 2.75) is 18.2 Å². The molecule has 150 valence electrons. The van der Waals surface area contributed by atoms with Gasteiger partial charge in [0, 0.05) is 18.0 Å². The van der Waals surface area contributed by atoms with Gasteiger partial charge in [-0.25, -0.2) is 27.8 Å². The first-order valence-corrected chi connectivity index (χ1v) is 9.38. The number of nitrogens with two attached hydrogens (primary N) is 2. The number of carboxylic acid groups (broad SMARTS) is 1. The fourth-order valence-corrected chi connectivity index (χ4v) is 3.19. The lowest BCUT2D eigenvalue weighted by Gasteiger charge is -2.16. The summed E-state index contributed by atoms with van der Waals surface area (Å²) >= 11 is 0. The lowest BCUT2D eigenvalue weighted by Crippen LogP contribution is -2.26. The zero-order chi connectivity index (χ0) is 21.1. The van der Waals surface area contributed by atoms with E-state index in [0.29, 0.717) is 29.9 Å². The van der Waals surface area contributed by atoms with Crippen molar-refractivity contribution < 1.29 is 27.1 Å². The Bertz CT molecular complexity index is 1020. The summed E-state index contributed by atoms with van der Waals surface area (Å²) in [6, 6.07) is 6.09. The molecule has 0 aliphatic carbocycles. The van der Waals surface area contributed by atoms with Crippen molar-refractivity contribution in [1.82, 2.24) is 0 Å². The van der Waals surface area contributed by atoms with Gasteiger partial charge in [0.25, 0.3) is 10.0 Å². The molecule has 0 bridgehead atoms. The second-order valence-corrected chi connectivity index (χ2v) is 7.36. The smallest absolute Gasteiger partial charge is 0.338 e. The highest BCUT2D eigenvalue weighted by molar-refractivity contribution is 7.92. The van der Waals surface area contributed by atoms with Crippen LogP contribution in [0.2, 0.25) is 0 Å². The summed E-state index contributed by atoms with van der Waals surface area (Å²) in [5, 5.41) is 9.97. The molecule has 0 saturated heterocycles. The molecule has 2 aromatic carbocycles.